The highest BCUT2D eigenvalue weighted by atomic mass is 32.1. The standard InChI is InChI=1S/C16H21N3S/c1-3-11(2)15-14(8-17)20-16(18-15)19-9-12-6-4-5-7-13(12)10-19/h4-7,11H,3,8-10,17H2,1-2H3. The Morgan fingerprint density at radius 2 is 1.95 bits per heavy atom. The van der Waals surface area contributed by atoms with Crippen LogP contribution in [0, 0.1) is 0 Å². The molecule has 3 rings (SSSR count). The normalized spacial score (nSPS) is 15.4. The van der Waals surface area contributed by atoms with E-state index in [1.165, 1.54) is 21.7 Å². The number of benzene rings is 1. The molecule has 1 aliphatic heterocycles. The molecule has 1 aromatic carbocycles. The Bertz CT molecular complexity index is 581. The number of aromatic nitrogens is 1. The number of thiazole rings is 1. The maximum absolute atomic E-state index is 5.89. The van der Waals surface area contributed by atoms with Gasteiger partial charge in [-0.3, -0.25) is 0 Å². The number of fused-ring (bicyclic) bond motifs is 1. The van der Waals surface area contributed by atoms with Gasteiger partial charge in [-0.2, -0.15) is 0 Å². The zero-order chi connectivity index (χ0) is 14.1. The molecule has 0 fully saturated rings. The zero-order valence-electron chi connectivity index (χ0n) is 12.1. The van der Waals surface area contributed by atoms with Gasteiger partial charge < -0.3 is 10.6 Å². The molecule has 0 spiro atoms. The average Bonchev–Trinajstić information content (AvgIpc) is 3.09. The molecule has 1 unspecified atom stereocenters. The van der Waals surface area contributed by atoms with Crippen LogP contribution in [-0.4, -0.2) is 4.98 Å². The minimum Gasteiger partial charge on any atom is -0.339 e. The average molecular weight is 287 g/mol. The summed E-state index contributed by atoms with van der Waals surface area (Å²) >= 11 is 1.76. The molecule has 3 nitrogen and oxygen atoms in total. The minimum atomic E-state index is 0.489. The highest BCUT2D eigenvalue weighted by molar-refractivity contribution is 7.15. The number of anilines is 1. The van der Waals surface area contributed by atoms with Crippen LogP contribution in [0.1, 0.15) is 47.9 Å². The fourth-order valence-electron chi connectivity index (χ4n) is 2.68. The summed E-state index contributed by atoms with van der Waals surface area (Å²) in [6.07, 6.45) is 1.11. The Morgan fingerprint density at radius 1 is 1.30 bits per heavy atom. The van der Waals surface area contributed by atoms with Gasteiger partial charge in [-0.1, -0.05) is 38.1 Å². The van der Waals surface area contributed by atoms with Gasteiger partial charge >= 0.3 is 0 Å². The molecular formula is C16H21N3S. The smallest absolute Gasteiger partial charge is 0.186 e. The third-order valence-electron chi connectivity index (χ3n) is 4.09. The van der Waals surface area contributed by atoms with E-state index in [1.807, 2.05) is 0 Å². The van der Waals surface area contributed by atoms with Crippen LogP contribution in [0.25, 0.3) is 0 Å². The summed E-state index contributed by atoms with van der Waals surface area (Å²) in [7, 11) is 0. The molecule has 2 aromatic rings. The van der Waals surface area contributed by atoms with Crippen LogP contribution < -0.4 is 10.6 Å². The molecule has 0 saturated heterocycles. The zero-order valence-corrected chi connectivity index (χ0v) is 12.9. The van der Waals surface area contributed by atoms with Crippen LogP contribution >= 0.6 is 11.3 Å². The highest BCUT2D eigenvalue weighted by Gasteiger charge is 2.23. The number of nitrogens with two attached hydrogens (primary N) is 1. The van der Waals surface area contributed by atoms with E-state index in [2.05, 4.69) is 43.0 Å². The fourth-order valence-corrected chi connectivity index (χ4v) is 3.74. The third-order valence-corrected chi connectivity index (χ3v) is 5.25. The van der Waals surface area contributed by atoms with Gasteiger partial charge in [-0.25, -0.2) is 4.98 Å². The first kappa shape index (κ1) is 13.6. The van der Waals surface area contributed by atoms with Crippen molar-refractivity contribution in [1.29, 1.82) is 0 Å². The summed E-state index contributed by atoms with van der Waals surface area (Å²) in [5.41, 5.74) is 9.93. The SMILES string of the molecule is CCC(C)c1nc(N2Cc3ccccc3C2)sc1CN. The third kappa shape index (κ3) is 2.34. The summed E-state index contributed by atoms with van der Waals surface area (Å²) in [5, 5.41) is 1.12. The molecule has 0 saturated carbocycles. The summed E-state index contributed by atoms with van der Waals surface area (Å²) in [6, 6.07) is 8.64. The summed E-state index contributed by atoms with van der Waals surface area (Å²) in [4.78, 5) is 8.48. The first-order chi connectivity index (χ1) is 9.72. The Labute approximate surface area is 124 Å². The molecule has 20 heavy (non-hydrogen) atoms. The van der Waals surface area contributed by atoms with Gasteiger partial charge in [-0.15, -0.1) is 11.3 Å². The van der Waals surface area contributed by atoms with Crippen molar-refractivity contribution in [3.05, 3.63) is 46.0 Å². The summed E-state index contributed by atoms with van der Waals surface area (Å²) in [6.45, 7) is 6.96. The molecule has 0 radical (unpaired) electrons. The molecule has 2 heterocycles. The molecule has 106 valence electrons. The van der Waals surface area contributed by atoms with Crippen molar-refractivity contribution in [3.63, 3.8) is 0 Å². The van der Waals surface area contributed by atoms with E-state index in [1.54, 1.807) is 11.3 Å². The van der Waals surface area contributed by atoms with E-state index in [9.17, 15) is 0 Å². The molecule has 0 amide bonds. The van der Waals surface area contributed by atoms with Gasteiger partial charge in [0.05, 0.1) is 5.69 Å². The maximum atomic E-state index is 5.89. The molecule has 2 N–H and O–H groups in total. The molecule has 1 aromatic heterocycles. The first-order valence-electron chi connectivity index (χ1n) is 7.24. The van der Waals surface area contributed by atoms with Crippen molar-refractivity contribution in [1.82, 2.24) is 4.98 Å². The van der Waals surface area contributed by atoms with E-state index in [-0.39, 0.29) is 0 Å². The summed E-state index contributed by atoms with van der Waals surface area (Å²) in [5.74, 6) is 0.489. The topological polar surface area (TPSA) is 42.2 Å². The lowest BCUT2D eigenvalue weighted by Gasteiger charge is -2.13. The lowest BCUT2D eigenvalue weighted by Crippen LogP contribution is -2.14. The van der Waals surface area contributed by atoms with Gasteiger partial charge in [0.2, 0.25) is 0 Å². The van der Waals surface area contributed by atoms with Crippen molar-refractivity contribution < 1.29 is 0 Å². The van der Waals surface area contributed by atoms with Crippen LogP contribution in [-0.2, 0) is 19.6 Å². The second-order valence-electron chi connectivity index (χ2n) is 5.44. The van der Waals surface area contributed by atoms with Gasteiger partial charge in [0.25, 0.3) is 0 Å². The predicted octanol–water partition coefficient (Wildman–Crippen LogP) is 3.64. The fraction of sp³-hybridized carbons (Fsp3) is 0.438. The van der Waals surface area contributed by atoms with Crippen molar-refractivity contribution in [2.75, 3.05) is 4.90 Å². The number of nitrogens with zero attached hydrogens (tertiary/aromatic N) is 2. The van der Waals surface area contributed by atoms with Crippen LogP contribution in [0.15, 0.2) is 24.3 Å². The molecule has 4 heteroatoms. The Morgan fingerprint density at radius 3 is 2.50 bits per heavy atom. The molecule has 1 aliphatic rings. The lowest BCUT2D eigenvalue weighted by atomic mass is 10.0. The van der Waals surface area contributed by atoms with Crippen molar-refractivity contribution >= 4 is 16.5 Å². The van der Waals surface area contributed by atoms with E-state index < -0.39 is 0 Å². The number of hydrogen-bond donors (Lipinski definition) is 1. The largest absolute Gasteiger partial charge is 0.339 e. The minimum absolute atomic E-state index is 0.489. The van der Waals surface area contributed by atoms with E-state index in [0.29, 0.717) is 12.5 Å². The van der Waals surface area contributed by atoms with E-state index in [0.717, 1.165) is 24.6 Å². The second kappa shape index (κ2) is 5.54. The lowest BCUT2D eigenvalue weighted by molar-refractivity contribution is 0.701. The van der Waals surface area contributed by atoms with Crippen molar-refractivity contribution in [2.45, 2.75) is 45.8 Å². The van der Waals surface area contributed by atoms with E-state index >= 15 is 0 Å². The highest BCUT2D eigenvalue weighted by Crippen LogP contribution is 2.35. The summed E-state index contributed by atoms with van der Waals surface area (Å²) < 4.78 is 0. The molecule has 0 aliphatic carbocycles. The van der Waals surface area contributed by atoms with Crippen LogP contribution in [0.3, 0.4) is 0 Å². The Hall–Kier alpha value is -1.39. The van der Waals surface area contributed by atoms with Crippen LogP contribution in [0.4, 0.5) is 5.13 Å². The van der Waals surface area contributed by atoms with Gasteiger partial charge in [0, 0.05) is 24.5 Å². The Balaban J connectivity index is 1.88. The van der Waals surface area contributed by atoms with Crippen LogP contribution in [0.5, 0.6) is 0 Å². The van der Waals surface area contributed by atoms with Gasteiger partial charge in [0.15, 0.2) is 5.13 Å². The predicted molar refractivity (Wildman–Crippen MR) is 85.0 cm³/mol. The van der Waals surface area contributed by atoms with Gasteiger partial charge in [-0.05, 0) is 23.5 Å². The number of hydrogen-bond acceptors (Lipinski definition) is 4. The van der Waals surface area contributed by atoms with Gasteiger partial charge in [0.1, 0.15) is 0 Å². The molecular weight excluding hydrogens is 266 g/mol. The monoisotopic (exact) mass is 287 g/mol. The molecule has 0 bridgehead atoms. The first-order valence-corrected chi connectivity index (χ1v) is 8.06. The number of rotatable bonds is 4. The Kier molecular flexibility index (Phi) is 3.76. The van der Waals surface area contributed by atoms with Crippen LogP contribution in [0.2, 0.25) is 0 Å². The second-order valence-corrected chi connectivity index (χ2v) is 6.51. The van der Waals surface area contributed by atoms with Crippen molar-refractivity contribution in [2.24, 2.45) is 5.73 Å². The molecule has 1 atom stereocenters. The van der Waals surface area contributed by atoms with E-state index in [4.69, 9.17) is 10.7 Å². The maximum Gasteiger partial charge on any atom is 0.186 e. The quantitative estimate of drug-likeness (QED) is 0.933. The van der Waals surface area contributed by atoms with Crippen molar-refractivity contribution in [3.8, 4) is 0 Å².